The second kappa shape index (κ2) is 3.63. The third-order valence-electron chi connectivity index (χ3n) is 3.01. The molecule has 1 aliphatic heterocycles. The zero-order chi connectivity index (χ0) is 12.9. The molecule has 96 valence electrons. The SMILES string of the molecule is Fc1cc(F)c(C2CC2(F)F)c(C2OC=CO2)c1. The summed E-state index contributed by atoms with van der Waals surface area (Å²) in [5, 5.41) is 0. The Kier molecular flexibility index (Phi) is 2.30. The minimum Gasteiger partial charge on any atom is -0.455 e. The van der Waals surface area contributed by atoms with E-state index in [1.807, 2.05) is 0 Å². The predicted octanol–water partition coefficient (Wildman–Crippen LogP) is 3.60. The van der Waals surface area contributed by atoms with Crippen molar-refractivity contribution in [3.63, 3.8) is 0 Å². The van der Waals surface area contributed by atoms with E-state index in [0.717, 1.165) is 6.07 Å². The lowest BCUT2D eigenvalue weighted by Gasteiger charge is -2.16. The molecule has 0 spiro atoms. The van der Waals surface area contributed by atoms with Gasteiger partial charge in [-0.05, 0) is 6.07 Å². The van der Waals surface area contributed by atoms with Crippen molar-refractivity contribution in [3.05, 3.63) is 47.4 Å². The molecule has 0 radical (unpaired) electrons. The van der Waals surface area contributed by atoms with Crippen LogP contribution in [0.3, 0.4) is 0 Å². The van der Waals surface area contributed by atoms with Crippen molar-refractivity contribution in [3.8, 4) is 0 Å². The molecule has 2 nitrogen and oxygen atoms in total. The molecule has 0 N–H and O–H groups in total. The lowest BCUT2D eigenvalue weighted by atomic mass is 10.0. The van der Waals surface area contributed by atoms with Gasteiger partial charge in [-0.25, -0.2) is 17.6 Å². The first-order chi connectivity index (χ1) is 8.49. The van der Waals surface area contributed by atoms with Crippen molar-refractivity contribution in [1.82, 2.24) is 0 Å². The fourth-order valence-corrected chi connectivity index (χ4v) is 2.08. The van der Waals surface area contributed by atoms with Crippen LogP contribution in [-0.2, 0) is 9.47 Å². The van der Waals surface area contributed by atoms with Crippen LogP contribution >= 0.6 is 0 Å². The highest BCUT2D eigenvalue weighted by Crippen LogP contribution is 2.57. The maximum absolute atomic E-state index is 13.7. The van der Waals surface area contributed by atoms with E-state index in [4.69, 9.17) is 9.47 Å². The largest absolute Gasteiger partial charge is 0.455 e. The van der Waals surface area contributed by atoms with Crippen LogP contribution < -0.4 is 0 Å². The highest BCUT2D eigenvalue weighted by molar-refractivity contribution is 5.39. The van der Waals surface area contributed by atoms with Gasteiger partial charge >= 0.3 is 0 Å². The van der Waals surface area contributed by atoms with E-state index in [1.165, 1.54) is 12.5 Å². The van der Waals surface area contributed by atoms with Gasteiger partial charge in [0.05, 0.1) is 5.92 Å². The molecule has 1 fully saturated rings. The first-order valence-corrected chi connectivity index (χ1v) is 5.31. The van der Waals surface area contributed by atoms with Crippen LogP contribution in [0.2, 0.25) is 0 Å². The molecule has 1 atom stereocenters. The minimum absolute atomic E-state index is 0.0281. The quantitative estimate of drug-likeness (QED) is 0.756. The topological polar surface area (TPSA) is 18.5 Å². The molecule has 1 saturated carbocycles. The van der Waals surface area contributed by atoms with E-state index in [0.29, 0.717) is 6.07 Å². The normalized spacial score (nSPS) is 24.8. The Morgan fingerprint density at radius 1 is 1.11 bits per heavy atom. The van der Waals surface area contributed by atoms with Gasteiger partial charge in [-0.2, -0.15) is 0 Å². The molecule has 0 aromatic heterocycles. The van der Waals surface area contributed by atoms with E-state index < -0.39 is 36.2 Å². The van der Waals surface area contributed by atoms with Crippen molar-refractivity contribution >= 4 is 0 Å². The molecule has 1 aromatic carbocycles. The molecule has 6 heteroatoms. The highest BCUT2D eigenvalue weighted by atomic mass is 19.3. The van der Waals surface area contributed by atoms with E-state index in [-0.39, 0.29) is 11.1 Å². The van der Waals surface area contributed by atoms with Crippen molar-refractivity contribution in [2.45, 2.75) is 24.6 Å². The maximum atomic E-state index is 13.7. The zero-order valence-electron chi connectivity index (χ0n) is 9.00. The smallest absolute Gasteiger partial charge is 0.266 e. The van der Waals surface area contributed by atoms with Crippen LogP contribution in [0.1, 0.15) is 29.8 Å². The Morgan fingerprint density at radius 3 is 2.28 bits per heavy atom. The van der Waals surface area contributed by atoms with Crippen LogP contribution in [0.25, 0.3) is 0 Å². The summed E-state index contributed by atoms with van der Waals surface area (Å²) >= 11 is 0. The maximum Gasteiger partial charge on any atom is 0.266 e. The molecular weight excluding hydrogens is 252 g/mol. The second-order valence-electron chi connectivity index (χ2n) is 4.28. The zero-order valence-corrected chi connectivity index (χ0v) is 9.00. The minimum atomic E-state index is -2.94. The van der Waals surface area contributed by atoms with Gasteiger partial charge in [0.1, 0.15) is 24.2 Å². The average molecular weight is 260 g/mol. The molecule has 1 aliphatic carbocycles. The van der Waals surface area contributed by atoms with Crippen molar-refractivity contribution in [2.24, 2.45) is 0 Å². The molecule has 0 amide bonds. The van der Waals surface area contributed by atoms with E-state index in [1.54, 1.807) is 0 Å². The Hall–Kier alpha value is -1.72. The standard InChI is InChI=1S/C12H8F4O2/c13-6-3-7(11-17-1-2-18-11)10(9(14)4-6)8-5-12(8,15)16/h1-4,8,11H,5H2. The van der Waals surface area contributed by atoms with E-state index in [9.17, 15) is 17.6 Å². The third kappa shape index (κ3) is 1.72. The summed E-state index contributed by atoms with van der Waals surface area (Å²) in [5.74, 6) is -6.03. The van der Waals surface area contributed by atoms with Gasteiger partial charge in [0.15, 0.2) is 0 Å². The number of hydrogen-bond donors (Lipinski definition) is 0. The van der Waals surface area contributed by atoms with Crippen LogP contribution in [0.4, 0.5) is 17.6 Å². The fraction of sp³-hybridized carbons (Fsp3) is 0.333. The molecule has 3 rings (SSSR count). The van der Waals surface area contributed by atoms with Gasteiger partial charge in [-0.1, -0.05) is 0 Å². The number of alkyl halides is 2. The Bertz CT molecular complexity index is 519. The van der Waals surface area contributed by atoms with Crippen LogP contribution in [0, 0.1) is 11.6 Å². The van der Waals surface area contributed by atoms with Crippen LogP contribution in [-0.4, -0.2) is 5.92 Å². The Morgan fingerprint density at radius 2 is 1.72 bits per heavy atom. The fourth-order valence-electron chi connectivity index (χ4n) is 2.08. The summed E-state index contributed by atoms with van der Waals surface area (Å²) in [4.78, 5) is 0. The van der Waals surface area contributed by atoms with Crippen LogP contribution in [0.15, 0.2) is 24.7 Å². The number of hydrogen-bond acceptors (Lipinski definition) is 2. The summed E-state index contributed by atoms with van der Waals surface area (Å²) in [7, 11) is 0. The van der Waals surface area contributed by atoms with Crippen molar-refractivity contribution in [2.75, 3.05) is 0 Å². The van der Waals surface area contributed by atoms with E-state index in [2.05, 4.69) is 0 Å². The molecule has 2 aliphatic rings. The molecule has 1 unspecified atom stereocenters. The predicted molar refractivity (Wildman–Crippen MR) is 52.7 cm³/mol. The van der Waals surface area contributed by atoms with Gasteiger partial charge < -0.3 is 9.47 Å². The monoisotopic (exact) mass is 260 g/mol. The van der Waals surface area contributed by atoms with Crippen LogP contribution in [0.5, 0.6) is 0 Å². The Labute approximate surface area is 99.8 Å². The lowest BCUT2D eigenvalue weighted by Crippen LogP contribution is -2.08. The summed E-state index contributed by atoms with van der Waals surface area (Å²) in [6.07, 6.45) is 0.884. The molecule has 0 bridgehead atoms. The summed E-state index contributed by atoms with van der Waals surface area (Å²) < 4.78 is 62.9. The van der Waals surface area contributed by atoms with Gasteiger partial charge in [-0.15, -0.1) is 0 Å². The molecule has 1 heterocycles. The van der Waals surface area contributed by atoms with Gasteiger partial charge in [-0.3, -0.25) is 0 Å². The first-order valence-electron chi connectivity index (χ1n) is 5.31. The Balaban J connectivity index is 2.05. The molecular formula is C12H8F4O2. The first kappa shape index (κ1) is 11.4. The van der Waals surface area contributed by atoms with Crippen molar-refractivity contribution in [1.29, 1.82) is 0 Å². The number of rotatable bonds is 2. The second-order valence-corrected chi connectivity index (χ2v) is 4.28. The van der Waals surface area contributed by atoms with Gasteiger partial charge in [0.2, 0.25) is 0 Å². The lowest BCUT2D eigenvalue weighted by molar-refractivity contribution is -0.0260. The highest BCUT2D eigenvalue weighted by Gasteiger charge is 2.59. The summed E-state index contributed by atoms with van der Waals surface area (Å²) in [5.41, 5.74) is -0.255. The van der Waals surface area contributed by atoms with Gasteiger partial charge in [0, 0.05) is 23.6 Å². The number of benzene rings is 1. The number of halogens is 4. The number of ether oxygens (including phenoxy) is 2. The summed E-state index contributed by atoms with van der Waals surface area (Å²) in [6, 6.07) is 1.56. The van der Waals surface area contributed by atoms with E-state index >= 15 is 0 Å². The van der Waals surface area contributed by atoms with Gasteiger partial charge in [0.25, 0.3) is 12.2 Å². The molecule has 18 heavy (non-hydrogen) atoms. The summed E-state index contributed by atoms with van der Waals surface area (Å²) in [6.45, 7) is 0. The van der Waals surface area contributed by atoms with Crippen molar-refractivity contribution < 1.29 is 27.0 Å². The third-order valence-corrected chi connectivity index (χ3v) is 3.01. The molecule has 1 aromatic rings. The molecule has 0 saturated heterocycles. The average Bonchev–Trinajstić information content (AvgIpc) is 2.75.